The van der Waals surface area contributed by atoms with Crippen molar-refractivity contribution in [3.8, 4) is 0 Å². The number of azide groups is 1. The van der Waals surface area contributed by atoms with E-state index in [1.54, 1.807) is 5.01 Å². The molecule has 0 spiro atoms. The molecule has 1 aliphatic heterocycles. The Kier molecular flexibility index (Phi) is 2.08. The molecule has 0 aromatic carbocycles. The van der Waals surface area contributed by atoms with Crippen molar-refractivity contribution in [2.24, 2.45) is 32.8 Å². The Morgan fingerprint density at radius 3 is 2.69 bits per heavy atom. The van der Waals surface area contributed by atoms with Crippen molar-refractivity contribution in [2.45, 2.75) is 31.8 Å². The molecule has 1 atom stereocenters. The van der Waals surface area contributed by atoms with Crippen LogP contribution in [0.15, 0.2) is 15.1 Å². The van der Waals surface area contributed by atoms with E-state index >= 15 is 0 Å². The first kappa shape index (κ1) is 9.62. The largest absolute Gasteiger partial charge is 0.273 e. The molecule has 2 saturated carbocycles. The highest BCUT2D eigenvalue weighted by molar-refractivity contribution is 6.00. The Hall–Kier alpha value is -1.59. The van der Waals surface area contributed by atoms with Gasteiger partial charge in [0.1, 0.15) is 12.0 Å². The molecular weight excluding hydrogens is 206 g/mol. The molecule has 2 aliphatic carbocycles. The van der Waals surface area contributed by atoms with E-state index in [0.717, 1.165) is 31.5 Å². The zero-order chi connectivity index (χ0) is 11.1. The molecular formula is C9H13N7. The molecule has 2 N–H and O–H groups in total. The Labute approximate surface area is 92.6 Å². The number of rotatable bonds is 2. The van der Waals surface area contributed by atoms with Crippen molar-refractivity contribution in [3.05, 3.63) is 10.4 Å². The third-order valence-corrected chi connectivity index (χ3v) is 3.13. The Bertz CT molecular complexity index is 412. The fraction of sp³-hybridized carbons (Fsp3) is 0.778. The van der Waals surface area contributed by atoms with Gasteiger partial charge in [-0.1, -0.05) is 0 Å². The summed E-state index contributed by atoms with van der Waals surface area (Å²) in [5.41, 5.74) is 8.43. The van der Waals surface area contributed by atoms with Gasteiger partial charge >= 0.3 is 0 Å². The number of hydrogen-bond donors (Lipinski definition) is 1. The van der Waals surface area contributed by atoms with E-state index in [9.17, 15) is 0 Å². The minimum Gasteiger partial charge on any atom is -0.273 e. The maximum absolute atomic E-state index is 8.43. The lowest BCUT2D eigenvalue weighted by molar-refractivity contribution is 0.286. The molecule has 0 aromatic rings. The molecule has 1 heterocycles. The highest BCUT2D eigenvalue weighted by atomic mass is 15.5. The van der Waals surface area contributed by atoms with Crippen LogP contribution in [-0.4, -0.2) is 23.0 Å². The van der Waals surface area contributed by atoms with Gasteiger partial charge in [-0.25, -0.2) is 15.8 Å². The van der Waals surface area contributed by atoms with E-state index in [1.165, 1.54) is 0 Å². The fourth-order valence-corrected chi connectivity index (χ4v) is 1.96. The van der Waals surface area contributed by atoms with Gasteiger partial charge in [0.15, 0.2) is 0 Å². The highest BCUT2D eigenvalue weighted by Crippen LogP contribution is 2.39. The van der Waals surface area contributed by atoms with E-state index in [-0.39, 0.29) is 12.1 Å². The smallest absolute Gasteiger partial charge is 0.215 e. The zero-order valence-electron chi connectivity index (χ0n) is 8.82. The van der Waals surface area contributed by atoms with Gasteiger partial charge in [-0.15, -0.1) is 0 Å². The van der Waals surface area contributed by atoms with Crippen LogP contribution in [0.25, 0.3) is 10.4 Å². The van der Waals surface area contributed by atoms with Gasteiger partial charge in [-0.2, -0.15) is 0 Å². The van der Waals surface area contributed by atoms with Gasteiger partial charge in [0.05, 0.1) is 0 Å². The second kappa shape index (κ2) is 3.47. The van der Waals surface area contributed by atoms with E-state index in [1.807, 2.05) is 0 Å². The summed E-state index contributed by atoms with van der Waals surface area (Å²) >= 11 is 0. The van der Waals surface area contributed by atoms with Crippen molar-refractivity contribution in [2.75, 3.05) is 0 Å². The molecule has 0 saturated heterocycles. The molecule has 1 unspecified atom stereocenters. The average Bonchev–Trinajstić information content (AvgIpc) is 3.15. The lowest BCUT2D eigenvalue weighted by Crippen LogP contribution is -2.49. The van der Waals surface area contributed by atoms with Crippen LogP contribution in [-0.2, 0) is 0 Å². The Balaban J connectivity index is 1.91. The van der Waals surface area contributed by atoms with Gasteiger partial charge < -0.3 is 0 Å². The molecule has 0 aromatic heterocycles. The standard InChI is InChI=1S/C9H13N7/c10-15-14-9-12-7(5-1-2-5)16(11)8(13-9)6-3-4-6/h5-7H,1-4,11H2. The number of hydrogen-bond acceptors (Lipinski definition) is 5. The van der Waals surface area contributed by atoms with E-state index in [4.69, 9.17) is 11.4 Å². The van der Waals surface area contributed by atoms with Gasteiger partial charge in [0.2, 0.25) is 5.96 Å². The molecule has 0 bridgehead atoms. The number of nitrogens with two attached hydrogens (primary N) is 1. The molecule has 0 radical (unpaired) electrons. The zero-order valence-corrected chi connectivity index (χ0v) is 8.82. The number of nitrogens with zero attached hydrogens (tertiary/aromatic N) is 6. The Morgan fingerprint density at radius 1 is 1.38 bits per heavy atom. The molecule has 3 aliphatic rings. The lowest BCUT2D eigenvalue weighted by Gasteiger charge is -2.30. The molecule has 0 amide bonds. The summed E-state index contributed by atoms with van der Waals surface area (Å²) in [5.74, 6) is 8.04. The molecule has 84 valence electrons. The summed E-state index contributed by atoms with van der Waals surface area (Å²) in [7, 11) is 0. The second-order valence-electron chi connectivity index (χ2n) is 4.52. The summed E-state index contributed by atoms with van der Waals surface area (Å²) in [6, 6.07) is 0. The Morgan fingerprint density at radius 2 is 2.12 bits per heavy atom. The van der Waals surface area contributed by atoms with E-state index in [0.29, 0.717) is 11.8 Å². The second-order valence-corrected chi connectivity index (χ2v) is 4.52. The average molecular weight is 219 g/mol. The summed E-state index contributed by atoms with van der Waals surface area (Å²) in [6.45, 7) is 0. The summed E-state index contributed by atoms with van der Waals surface area (Å²) < 4.78 is 0. The normalized spacial score (nSPS) is 29.3. The van der Waals surface area contributed by atoms with Gasteiger partial charge in [-0.3, -0.25) is 5.01 Å². The molecule has 3 rings (SSSR count). The summed E-state index contributed by atoms with van der Waals surface area (Å²) in [6.07, 6.45) is 4.45. The lowest BCUT2D eigenvalue weighted by atomic mass is 10.2. The number of hydrazine groups is 1. The maximum atomic E-state index is 8.43. The SMILES string of the molecule is [N-]=[N+]=NC1=NC(C2CC2)N(N)C(C2CC2)=N1. The highest BCUT2D eigenvalue weighted by Gasteiger charge is 2.41. The quantitative estimate of drug-likeness (QED) is 0.328. The predicted molar refractivity (Wildman–Crippen MR) is 59.3 cm³/mol. The first-order valence-corrected chi connectivity index (χ1v) is 5.55. The van der Waals surface area contributed by atoms with E-state index < -0.39 is 0 Å². The summed E-state index contributed by atoms with van der Waals surface area (Å²) in [4.78, 5) is 11.2. The van der Waals surface area contributed by atoms with Gasteiger partial charge in [-0.05, 0) is 36.3 Å². The monoisotopic (exact) mass is 219 g/mol. The van der Waals surface area contributed by atoms with E-state index in [2.05, 4.69) is 20.0 Å². The number of amidine groups is 1. The minimum atomic E-state index is -0.0754. The topological polar surface area (TPSA) is 103 Å². The first-order valence-electron chi connectivity index (χ1n) is 5.55. The van der Waals surface area contributed by atoms with Crippen LogP contribution in [0.3, 0.4) is 0 Å². The van der Waals surface area contributed by atoms with Gasteiger partial charge in [0.25, 0.3) is 0 Å². The van der Waals surface area contributed by atoms with Crippen LogP contribution >= 0.6 is 0 Å². The number of aliphatic imine (C=N–C) groups is 2. The van der Waals surface area contributed by atoms with Crippen molar-refractivity contribution in [1.29, 1.82) is 0 Å². The van der Waals surface area contributed by atoms with Crippen LogP contribution < -0.4 is 5.84 Å². The molecule has 7 heteroatoms. The van der Waals surface area contributed by atoms with Crippen LogP contribution in [0.5, 0.6) is 0 Å². The third-order valence-electron chi connectivity index (χ3n) is 3.13. The van der Waals surface area contributed by atoms with Crippen molar-refractivity contribution < 1.29 is 0 Å². The van der Waals surface area contributed by atoms with Crippen LogP contribution in [0, 0.1) is 11.8 Å². The number of guanidine groups is 1. The van der Waals surface area contributed by atoms with Crippen LogP contribution in [0.2, 0.25) is 0 Å². The van der Waals surface area contributed by atoms with Gasteiger partial charge in [0, 0.05) is 16.7 Å². The molecule has 2 fully saturated rings. The van der Waals surface area contributed by atoms with Crippen molar-refractivity contribution in [1.82, 2.24) is 5.01 Å². The van der Waals surface area contributed by atoms with Crippen LogP contribution in [0.4, 0.5) is 0 Å². The first-order chi connectivity index (χ1) is 7.79. The van der Waals surface area contributed by atoms with Crippen LogP contribution in [0.1, 0.15) is 25.7 Å². The third kappa shape index (κ3) is 1.64. The predicted octanol–water partition coefficient (Wildman–Crippen LogP) is 1.39. The minimum absolute atomic E-state index is 0.0754. The van der Waals surface area contributed by atoms with Crippen molar-refractivity contribution >= 4 is 11.8 Å². The molecule has 16 heavy (non-hydrogen) atoms. The van der Waals surface area contributed by atoms with Crippen molar-refractivity contribution in [3.63, 3.8) is 0 Å². The summed E-state index contributed by atoms with van der Waals surface area (Å²) in [5, 5.41) is 5.17. The maximum Gasteiger partial charge on any atom is 0.215 e. The fourth-order valence-electron chi connectivity index (χ4n) is 1.96. The molecule has 7 nitrogen and oxygen atoms in total.